The third-order valence-corrected chi connectivity index (χ3v) is 2.21. The number of hydrogen-bond acceptors (Lipinski definition) is 4. The lowest BCUT2D eigenvalue weighted by Crippen LogP contribution is -2.01. The lowest BCUT2D eigenvalue weighted by molar-refractivity contribution is -0.136. The van der Waals surface area contributed by atoms with Crippen molar-refractivity contribution in [2.24, 2.45) is 0 Å². The number of rotatable bonds is 3. The summed E-state index contributed by atoms with van der Waals surface area (Å²) in [5.74, 6) is -0.987. The van der Waals surface area contributed by atoms with E-state index in [1.807, 2.05) is 0 Å². The van der Waals surface area contributed by atoms with E-state index in [1.165, 1.54) is 0 Å². The Morgan fingerprint density at radius 1 is 1.44 bits per heavy atom. The van der Waals surface area contributed by atoms with Crippen LogP contribution in [0.5, 0.6) is 0 Å². The van der Waals surface area contributed by atoms with Gasteiger partial charge in [-0.25, -0.2) is 4.63 Å². The summed E-state index contributed by atoms with van der Waals surface area (Å²) in [5, 5.41) is 16.4. The van der Waals surface area contributed by atoms with Gasteiger partial charge in [-0.1, -0.05) is 28.9 Å². The number of benzene rings is 1. The van der Waals surface area contributed by atoms with Crippen molar-refractivity contribution in [3.63, 3.8) is 0 Å². The van der Waals surface area contributed by atoms with Gasteiger partial charge in [0.25, 0.3) is 0 Å². The molecule has 1 N–H and O–H groups in total. The van der Waals surface area contributed by atoms with Crippen molar-refractivity contribution >= 4 is 17.6 Å². The predicted molar refractivity (Wildman–Crippen MR) is 56.1 cm³/mol. The predicted octanol–water partition coefficient (Wildman–Crippen LogP) is 2.02. The van der Waals surface area contributed by atoms with Gasteiger partial charge in [0.1, 0.15) is 11.4 Å². The molecule has 2 rings (SSSR count). The summed E-state index contributed by atoms with van der Waals surface area (Å²) in [5.41, 5.74) is 1.38. The van der Waals surface area contributed by atoms with Crippen LogP contribution in [0.2, 0.25) is 5.02 Å². The molecule has 0 spiro atoms. The van der Waals surface area contributed by atoms with Gasteiger partial charge in [0.05, 0.1) is 6.42 Å². The zero-order valence-electron chi connectivity index (χ0n) is 8.05. The second-order valence-corrected chi connectivity index (χ2v) is 3.58. The van der Waals surface area contributed by atoms with E-state index in [-0.39, 0.29) is 12.1 Å². The third-order valence-electron chi connectivity index (χ3n) is 1.97. The zero-order valence-corrected chi connectivity index (χ0v) is 8.81. The van der Waals surface area contributed by atoms with Gasteiger partial charge in [-0.05, 0) is 17.3 Å². The monoisotopic (exact) mass is 238 g/mol. The first-order chi connectivity index (χ1) is 7.66. The summed E-state index contributed by atoms with van der Waals surface area (Å²) in [6, 6.07) is 6.90. The molecule has 1 heterocycles. The first kappa shape index (κ1) is 10.6. The van der Waals surface area contributed by atoms with Gasteiger partial charge in [-0.15, -0.1) is 0 Å². The topological polar surface area (TPSA) is 76.2 Å². The van der Waals surface area contributed by atoms with Gasteiger partial charge < -0.3 is 5.11 Å². The van der Waals surface area contributed by atoms with Crippen molar-refractivity contribution in [3.05, 3.63) is 35.0 Å². The molecule has 5 nitrogen and oxygen atoms in total. The highest BCUT2D eigenvalue weighted by molar-refractivity contribution is 6.30. The summed E-state index contributed by atoms with van der Waals surface area (Å²) in [4.78, 5) is 10.6. The lowest BCUT2D eigenvalue weighted by atomic mass is 10.1. The maximum atomic E-state index is 10.6. The standard InChI is InChI=1S/C10H7ClN2O3/c11-7-3-1-2-6(4-7)10-8(5-9(14)15)12-16-13-10/h1-4H,5H2,(H,14,15). The maximum Gasteiger partial charge on any atom is 0.309 e. The van der Waals surface area contributed by atoms with Crippen LogP contribution in [-0.2, 0) is 11.2 Å². The molecule has 1 aromatic heterocycles. The first-order valence-electron chi connectivity index (χ1n) is 4.46. The van der Waals surface area contributed by atoms with Crippen LogP contribution in [0.3, 0.4) is 0 Å². The summed E-state index contributed by atoms with van der Waals surface area (Å²) in [7, 11) is 0. The van der Waals surface area contributed by atoms with Crippen molar-refractivity contribution in [3.8, 4) is 11.3 Å². The van der Waals surface area contributed by atoms with Gasteiger partial charge in [0.15, 0.2) is 0 Å². The smallest absolute Gasteiger partial charge is 0.309 e. The number of carboxylic acids is 1. The molecule has 1 aromatic carbocycles. The normalized spacial score (nSPS) is 10.3. The molecule has 0 atom stereocenters. The number of carbonyl (C=O) groups is 1. The van der Waals surface area contributed by atoms with Crippen molar-refractivity contribution in [2.75, 3.05) is 0 Å². The molecule has 0 saturated heterocycles. The lowest BCUT2D eigenvalue weighted by Gasteiger charge is -1.97. The van der Waals surface area contributed by atoms with Gasteiger partial charge in [-0.3, -0.25) is 4.79 Å². The van der Waals surface area contributed by atoms with E-state index in [4.69, 9.17) is 16.7 Å². The van der Waals surface area contributed by atoms with Crippen LogP contribution in [0.15, 0.2) is 28.9 Å². The molecule has 0 radical (unpaired) electrons. The van der Waals surface area contributed by atoms with Gasteiger partial charge in [0.2, 0.25) is 0 Å². The highest BCUT2D eigenvalue weighted by Gasteiger charge is 2.15. The number of carboxylic acid groups (broad SMARTS) is 1. The molecule has 0 aliphatic carbocycles. The minimum Gasteiger partial charge on any atom is -0.481 e. The number of aromatic nitrogens is 2. The van der Waals surface area contributed by atoms with Crippen LogP contribution in [0.4, 0.5) is 0 Å². The Kier molecular flexibility index (Phi) is 2.87. The molecule has 6 heteroatoms. The van der Waals surface area contributed by atoms with E-state index in [1.54, 1.807) is 24.3 Å². The van der Waals surface area contributed by atoms with Crippen LogP contribution < -0.4 is 0 Å². The summed E-state index contributed by atoms with van der Waals surface area (Å²) in [6.45, 7) is 0. The van der Waals surface area contributed by atoms with Gasteiger partial charge in [0, 0.05) is 10.6 Å². The number of aliphatic carboxylic acids is 1. The number of halogens is 1. The van der Waals surface area contributed by atoms with E-state index < -0.39 is 5.97 Å². The Morgan fingerprint density at radius 2 is 2.25 bits per heavy atom. The van der Waals surface area contributed by atoms with Crippen LogP contribution in [0.25, 0.3) is 11.3 Å². The fourth-order valence-electron chi connectivity index (χ4n) is 1.32. The molecule has 0 fully saturated rings. The largest absolute Gasteiger partial charge is 0.481 e. The molecular formula is C10H7ClN2O3. The molecule has 16 heavy (non-hydrogen) atoms. The Bertz CT molecular complexity index is 524. The SMILES string of the molecule is O=C(O)Cc1nonc1-c1cccc(Cl)c1. The minimum absolute atomic E-state index is 0.231. The van der Waals surface area contributed by atoms with Gasteiger partial charge >= 0.3 is 5.97 Å². The van der Waals surface area contributed by atoms with Crippen molar-refractivity contribution in [1.82, 2.24) is 10.3 Å². The Morgan fingerprint density at radius 3 is 2.94 bits per heavy atom. The summed E-state index contributed by atoms with van der Waals surface area (Å²) >= 11 is 5.82. The Balaban J connectivity index is 2.40. The van der Waals surface area contributed by atoms with E-state index >= 15 is 0 Å². The second-order valence-electron chi connectivity index (χ2n) is 3.14. The number of hydrogen-bond donors (Lipinski definition) is 1. The fraction of sp³-hybridized carbons (Fsp3) is 0.100. The molecule has 2 aromatic rings. The van der Waals surface area contributed by atoms with E-state index in [2.05, 4.69) is 14.9 Å². The fourth-order valence-corrected chi connectivity index (χ4v) is 1.51. The van der Waals surface area contributed by atoms with E-state index in [9.17, 15) is 4.79 Å². The summed E-state index contributed by atoms with van der Waals surface area (Å²) < 4.78 is 4.53. The van der Waals surface area contributed by atoms with Crippen molar-refractivity contribution in [2.45, 2.75) is 6.42 Å². The highest BCUT2D eigenvalue weighted by atomic mass is 35.5. The Labute approximate surface area is 95.6 Å². The molecule has 0 aliphatic heterocycles. The number of nitrogens with zero attached hydrogens (tertiary/aromatic N) is 2. The molecule has 0 bridgehead atoms. The zero-order chi connectivity index (χ0) is 11.5. The van der Waals surface area contributed by atoms with Crippen molar-refractivity contribution < 1.29 is 14.5 Å². The van der Waals surface area contributed by atoms with Crippen LogP contribution in [0.1, 0.15) is 5.69 Å². The molecular weight excluding hydrogens is 232 g/mol. The van der Waals surface area contributed by atoms with Crippen LogP contribution in [0, 0.1) is 0 Å². The molecule has 82 valence electrons. The Hall–Kier alpha value is -1.88. The van der Waals surface area contributed by atoms with Gasteiger partial charge in [-0.2, -0.15) is 0 Å². The molecule has 0 amide bonds. The molecule has 0 unspecified atom stereocenters. The van der Waals surface area contributed by atoms with Crippen molar-refractivity contribution in [1.29, 1.82) is 0 Å². The second kappa shape index (κ2) is 4.32. The van der Waals surface area contributed by atoms with E-state index in [0.29, 0.717) is 16.3 Å². The van der Waals surface area contributed by atoms with Crippen LogP contribution in [-0.4, -0.2) is 21.4 Å². The van der Waals surface area contributed by atoms with Crippen LogP contribution >= 0.6 is 11.6 Å². The average molecular weight is 239 g/mol. The molecule has 0 saturated carbocycles. The first-order valence-corrected chi connectivity index (χ1v) is 4.84. The summed E-state index contributed by atoms with van der Waals surface area (Å²) in [6.07, 6.45) is -0.231. The maximum absolute atomic E-state index is 10.6. The minimum atomic E-state index is -0.987. The third kappa shape index (κ3) is 2.20. The quantitative estimate of drug-likeness (QED) is 0.885. The highest BCUT2D eigenvalue weighted by Crippen LogP contribution is 2.23. The average Bonchev–Trinajstić information content (AvgIpc) is 2.65. The molecule has 0 aliphatic rings. The van der Waals surface area contributed by atoms with E-state index in [0.717, 1.165) is 0 Å².